The Bertz CT molecular complexity index is 1780. The standard InChI is InChI=1S/C39H51NO7/c1-19(41)44-29-31(34(4,5)42)45-28-11-12-36(8)37(9)21(10-13-38(36,43)39(28)32(29)46-39)16-24-23-14-20-15-26-25(18-33(2,3)47-35(26,6)7)22(20)17-27(23)40-30(24)37/h14,17-18,21,26,28-29,31-32,40,42-43H,10-13,15-16H2,1-9H3/t21-,26-,28?,29+,31-,32+,36+,37+,38-,39-/m0/s1. The number of hydrogen-bond donors (Lipinski definition) is 3. The van der Waals surface area contributed by atoms with Crippen molar-refractivity contribution >= 4 is 22.4 Å². The molecule has 1 aromatic carbocycles. The molecule has 2 aromatic rings. The Morgan fingerprint density at radius 2 is 1.81 bits per heavy atom. The largest absolute Gasteiger partial charge is 0.457 e. The number of esters is 1. The van der Waals surface area contributed by atoms with E-state index >= 15 is 0 Å². The quantitative estimate of drug-likeness (QED) is 0.285. The lowest BCUT2D eigenvalue weighted by atomic mass is 9.40. The maximum Gasteiger partial charge on any atom is 0.303 e. The van der Waals surface area contributed by atoms with E-state index in [-0.39, 0.29) is 16.6 Å². The van der Waals surface area contributed by atoms with Gasteiger partial charge in [0.25, 0.3) is 0 Å². The van der Waals surface area contributed by atoms with Crippen molar-refractivity contribution in [3.63, 3.8) is 0 Å². The molecule has 2 saturated heterocycles. The maximum atomic E-state index is 13.2. The summed E-state index contributed by atoms with van der Waals surface area (Å²) in [7, 11) is 0. The van der Waals surface area contributed by atoms with Crippen LogP contribution in [0.1, 0.15) is 110 Å². The van der Waals surface area contributed by atoms with Crippen molar-refractivity contribution in [3.8, 4) is 0 Å². The second kappa shape index (κ2) is 8.73. The van der Waals surface area contributed by atoms with E-state index in [2.05, 4.69) is 64.7 Å². The first-order valence-corrected chi connectivity index (χ1v) is 17.8. The van der Waals surface area contributed by atoms with Crippen LogP contribution in [-0.2, 0) is 42.0 Å². The van der Waals surface area contributed by atoms with E-state index in [0.717, 1.165) is 25.7 Å². The summed E-state index contributed by atoms with van der Waals surface area (Å²) in [5.41, 5.74) is 3.10. The van der Waals surface area contributed by atoms with Crippen LogP contribution in [0, 0.1) is 17.3 Å². The Balaban J connectivity index is 1.14. The van der Waals surface area contributed by atoms with E-state index in [1.54, 1.807) is 13.8 Å². The lowest BCUT2D eigenvalue weighted by molar-refractivity contribution is -0.282. The highest BCUT2D eigenvalue weighted by atomic mass is 16.7. The summed E-state index contributed by atoms with van der Waals surface area (Å²) in [4.78, 5) is 16.3. The third kappa shape index (κ3) is 3.55. The molecule has 3 aliphatic heterocycles. The average molecular weight is 646 g/mol. The van der Waals surface area contributed by atoms with Gasteiger partial charge in [-0.05, 0) is 126 Å². The zero-order valence-electron chi connectivity index (χ0n) is 29.4. The molecule has 4 fully saturated rings. The van der Waals surface area contributed by atoms with Crippen molar-refractivity contribution in [1.82, 2.24) is 4.98 Å². The number of carbonyl (C=O) groups is 1. The SMILES string of the molecule is CC(=O)O[C@H]1[C@H]2O[C@@]23C(CC[C@@]2(C)[C@@]3(O)CC[C@H]3Cc4c([nH]c5cc6c(cc45)C[C@H]4C6=CC(C)(C)OC4(C)C)[C@@]32C)O[C@@H]1C(C)(C)O. The van der Waals surface area contributed by atoms with E-state index in [0.29, 0.717) is 24.7 Å². The summed E-state index contributed by atoms with van der Waals surface area (Å²) >= 11 is 0. The number of epoxide rings is 1. The molecule has 254 valence electrons. The number of H-pyrrole nitrogens is 1. The molecule has 8 nitrogen and oxygen atoms in total. The number of aromatic nitrogens is 1. The van der Waals surface area contributed by atoms with Crippen molar-refractivity contribution in [3.05, 3.63) is 40.6 Å². The van der Waals surface area contributed by atoms with Gasteiger partial charge < -0.3 is 34.1 Å². The second-order valence-electron chi connectivity index (χ2n) is 18.2. The van der Waals surface area contributed by atoms with Crippen molar-refractivity contribution < 1.29 is 34.0 Å². The molecule has 8 heteroatoms. The number of aliphatic hydroxyl groups is 2. The predicted octanol–water partition coefficient (Wildman–Crippen LogP) is 5.67. The Morgan fingerprint density at radius 3 is 2.51 bits per heavy atom. The van der Waals surface area contributed by atoms with Crippen molar-refractivity contribution in [1.29, 1.82) is 0 Å². The summed E-state index contributed by atoms with van der Waals surface area (Å²) in [6.07, 6.45) is 4.75. The first-order chi connectivity index (χ1) is 21.8. The first-order valence-electron chi connectivity index (χ1n) is 17.8. The number of benzene rings is 1. The number of fused-ring (bicyclic) bond motifs is 10. The number of hydrogen-bond acceptors (Lipinski definition) is 7. The molecule has 3 N–H and O–H groups in total. The minimum atomic E-state index is -1.25. The zero-order valence-corrected chi connectivity index (χ0v) is 29.4. The molecule has 0 bridgehead atoms. The molecule has 1 aromatic heterocycles. The Kier molecular flexibility index (Phi) is 5.72. The van der Waals surface area contributed by atoms with Gasteiger partial charge in [0.1, 0.15) is 17.8 Å². The minimum Gasteiger partial charge on any atom is -0.457 e. The fourth-order valence-electron chi connectivity index (χ4n) is 12.3. The van der Waals surface area contributed by atoms with Crippen LogP contribution < -0.4 is 0 Å². The topological polar surface area (TPSA) is 114 Å². The fourth-order valence-corrected chi connectivity index (χ4v) is 12.3. The number of rotatable bonds is 2. The summed E-state index contributed by atoms with van der Waals surface area (Å²) in [5.74, 6) is 0.274. The molecule has 9 rings (SSSR count). The van der Waals surface area contributed by atoms with E-state index in [1.807, 2.05) is 0 Å². The highest BCUT2D eigenvalue weighted by Gasteiger charge is 2.87. The van der Waals surface area contributed by atoms with Crippen LogP contribution >= 0.6 is 0 Å². The molecule has 7 aliphatic rings. The van der Waals surface area contributed by atoms with Crippen molar-refractivity contribution in [2.24, 2.45) is 17.3 Å². The molecule has 10 atom stereocenters. The highest BCUT2D eigenvalue weighted by molar-refractivity contribution is 5.92. The monoisotopic (exact) mass is 645 g/mol. The van der Waals surface area contributed by atoms with E-state index < -0.39 is 52.6 Å². The van der Waals surface area contributed by atoms with Gasteiger partial charge in [-0.1, -0.05) is 13.8 Å². The van der Waals surface area contributed by atoms with E-state index in [9.17, 15) is 15.0 Å². The highest BCUT2D eigenvalue weighted by Crippen LogP contribution is 2.75. The number of nitrogens with one attached hydrogen (secondary N) is 1. The van der Waals surface area contributed by atoms with E-state index in [4.69, 9.17) is 18.9 Å². The molecule has 4 heterocycles. The normalized spacial score (nSPS) is 45.0. The Morgan fingerprint density at radius 1 is 1.06 bits per heavy atom. The molecule has 1 spiro atoms. The Labute approximate surface area is 277 Å². The van der Waals surface area contributed by atoms with Crippen LogP contribution in [0.3, 0.4) is 0 Å². The third-order valence-electron chi connectivity index (χ3n) is 14.4. The zero-order chi connectivity index (χ0) is 33.5. The fraction of sp³-hybridized carbons (Fsp3) is 0.718. The maximum absolute atomic E-state index is 13.2. The van der Waals surface area contributed by atoms with Gasteiger partial charge in [0.2, 0.25) is 0 Å². The van der Waals surface area contributed by atoms with Gasteiger partial charge in [-0.2, -0.15) is 0 Å². The second-order valence-corrected chi connectivity index (χ2v) is 18.2. The van der Waals surface area contributed by atoms with Crippen LogP contribution in [0.4, 0.5) is 0 Å². The van der Waals surface area contributed by atoms with Crippen molar-refractivity contribution in [2.75, 3.05) is 0 Å². The lowest BCUT2D eigenvalue weighted by Crippen LogP contribution is -2.76. The predicted molar refractivity (Wildman–Crippen MR) is 177 cm³/mol. The smallest absolute Gasteiger partial charge is 0.303 e. The minimum absolute atomic E-state index is 0.241. The molecule has 4 aliphatic carbocycles. The molecular weight excluding hydrogens is 594 g/mol. The summed E-state index contributed by atoms with van der Waals surface area (Å²) < 4.78 is 25.6. The summed E-state index contributed by atoms with van der Waals surface area (Å²) in [6, 6.07) is 4.83. The number of carbonyl (C=O) groups excluding carboxylic acids is 1. The molecule has 2 saturated carbocycles. The van der Waals surface area contributed by atoms with Gasteiger partial charge >= 0.3 is 5.97 Å². The van der Waals surface area contributed by atoms with Gasteiger partial charge in [-0.15, -0.1) is 0 Å². The van der Waals surface area contributed by atoms with Gasteiger partial charge in [-0.25, -0.2) is 0 Å². The molecule has 0 amide bonds. The molecule has 0 radical (unpaired) electrons. The van der Waals surface area contributed by atoms with E-state index in [1.165, 1.54) is 45.8 Å². The first kappa shape index (κ1) is 30.8. The van der Waals surface area contributed by atoms with Crippen LogP contribution in [-0.4, -0.2) is 73.6 Å². The summed E-state index contributed by atoms with van der Waals surface area (Å²) in [6.45, 7) is 18.2. The average Bonchev–Trinajstić information content (AvgIpc) is 3.35. The number of aromatic amines is 1. The summed E-state index contributed by atoms with van der Waals surface area (Å²) in [5, 5.41) is 25.6. The Hall–Kier alpha value is -2.23. The van der Waals surface area contributed by atoms with Gasteiger partial charge in [0, 0.05) is 40.3 Å². The molecule has 1 unspecified atom stereocenters. The molecular formula is C39H51NO7. The van der Waals surface area contributed by atoms with Gasteiger partial charge in [-0.3, -0.25) is 4.79 Å². The van der Waals surface area contributed by atoms with Gasteiger partial charge in [0.15, 0.2) is 11.7 Å². The third-order valence-corrected chi connectivity index (χ3v) is 14.4. The van der Waals surface area contributed by atoms with Crippen LogP contribution in [0.15, 0.2) is 18.2 Å². The number of ether oxygens (including phenoxy) is 4. The van der Waals surface area contributed by atoms with Crippen LogP contribution in [0.5, 0.6) is 0 Å². The molecule has 47 heavy (non-hydrogen) atoms. The van der Waals surface area contributed by atoms with Crippen molar-refractivity contribution in [2.45, 2.75) is 159 Å². The van der Waals surface area contributed by atoms with Crippen LogP contribution in [0.2, 0.25) is 0 Å². The van der Waals surface area contributed by atoms with Crippen LogP contribution in [0.25, 0.3) is 16.5 Å². The lowest BCUT2D eigenvalue weighted by Gasteiger charge is -2.66. The van der Waals surface area contributed by atoms with Gasteiger partial charge in [0.05, 0.1) is 22.9 Å².